The lowest BCUT2D eigenvalue weighted by Crippen LogP contribution is -2.11. The summed E-state index contributed by atoms with van der Waals surface area (Å²) in [5.41, 5.74) is -0.136. The summed E-state index contributed by atoms with van der Waals surface area (Å²) in [5, 5.41) is 2.75. The summed E-state index contributed by atoms with van der Waals surface area (Å²) >= 11 is 5.59. The summed E-state index contributed by atoms with van der Waals surface area (Å²) < 4.78 is 38.5. The van der Waals surface area contributed by atoms with Gasteiger partial charge in [0, 0.05) is 35.2 Å². The van der Waals surface area contributed by atoms with Crippen LogP contribution in [0.3, 0.4) is 0 Å². The third-order valence-corrected chi connectivity index (χ3v) is 2.62. The molecule has 1 N–H and O–H groups in total. The van der Waals surface area contributed by atoms with E-state index in [2.05, 4.69) is 15.3 Å². The lowest BCUT2D eigenvalue weighted by molar-refractivity contribution is -0.136. The van der Waals surface area contributed by atoms with Crippen LogP contribution in [0.2, 0.25) is 5.02 Å². The van der Waals surface area contributed by atoms with E-state index in [1.165, 1.54) is 30.9 Å². The molecule has 0 bridgehead atoms. The Morgan fingerprint density at radius 1 is 1.16 bits per heavy atom. The second-order valence-electron chi connectivity index (χ2n) is 3.79. The zero-order valence-corrected chi connectivity index (χ0v) is 10.3. The van der Waals surface area contributed by atoms with Crippen LogP contribution in [0.1, 0.15) is 11.1 Å². The number of alkyl halides is 3. The van der Waals surface area contributed by atoms with E-state index in [1.807, 2.05) is 0 Å². The summed E-state index contributed by atoms with van der Waals surface area (Å²) in [6, 6.07) is 3.60. The highest BCUT2D eigenvalue weighted by molar-refractivity contribution is 6.30. The molecule has 0 radical (unpaired) electrons. The monoisotopic (exact) mass is 287 g/mol. The van der Waals surface area contributed by atoms with Gasteiger partial charge in [-0.05, 0) is 18.2 Å². The van der Waals surface area contributed by atoms with Crippen LogP contribution in [0, 0.1) is 0 Å². The van der Waals surface area contributed by atoms with Crippen LogP contribution < -0.4 is 5.32 Å². The highest BCUT2D eigenvalue weighted by Gasteiger charge is 2.33. The molecular formula is C12H9ClF3N3. The highest BCUT2D eigenvalue weighted by atomic mass is 35.5. The second kappa shape index (κ2) is 5.44. The van der Waals surface area contributed by atoms with Gasteiger partial charge in [0.2, 0.25) is 0 Å². The van der Waals surface area contributed by atoms with Gasteiger partial charge in [-0.15, -0.1) is 0 Å². The summed E-state index contributed by atoms with van der Waals surface area (Å²) in [6.07, 6.45) is -0.0419. The Morgan fingerprint density at radius 3 is 2.47 bits per heavy atom. The molecule has 3 nitrogen and oxygen atoms in total. The number of nitrogens with zero attached hydrogens (tertiary/aromatic N) is 2. The largest absolute Gasteiger partial charge is 0.418 e. The van der Waals surface area contributed by atoms with Crippen molar-refractivity contribution in [1.29, 1.82) is 0 Å². The number of rotatable bonds is 3. The molecule has 0 aliphatic carbocycles. The van der Waals surface area contributed by atoms with Gasteiger partial charge in [-0.2, -0.15) is 13.2 Å². The molecule has 0 aliphatic rings. The lowest BCUT2D eigenvalue weighted by Gasteiger charge is -2.14. The van der Waals surface area contributed by atoms with Gasteiger partial charge in [-0.25, -0.2) is 9.97 Å². The van der Waals surface area contributed by atoms with Crippen LogP contribution in [0.5, 0.6) is 0 Å². The van der Waals surface area contributed by atoms with Crippen LogP contribution in [-0.2, 0) is 12.7 Å². The molecule has 7 heteroatoms. The Hall–Kier alpha value is -1.82. The first kappa shape index (κ1) is 13.6. The van der Waals surface area contributed by atoms with Crippen LogP contribution >= 0.6 is 11.6 Å². The van der Waals surface area contributed by atoms with Crippen molar-refractivity contribution in [2.45, 2.75) is 12.7 Å². The number of benzene rings is 1. The molecule has 0 atom stereocenters. The minimum atomic E-state index is -4.46. The zero-order chi connectivity index (χ0) is 13.9. The first-order valence-electron chi connectivity index (χ1n) is 5.31. The number of anilines is 1. The topological polar surface area (TPSA) is 37.8 Å². The maximum atomic E-state index is 12.8. The molecule has 0 fully saturated rings. The molecule has 1 aromatic carbocycles. The molecule has 0 amide bonds. The maximum absolute atomic E-state index is 12.8. The summed E-state index contributed by atoms with van der Waals surface area (Å²) in [7, 11) is 0. The Bertz CT molecular complexity index is 558. The smallest absolute Gasteiger partial charge is 0.380 e. The number of nitrogens with one attached hydrogen (secondary N) is 1. The van der Waals surface area contributed by atoms with Gasteiger partial charge in [0.25, 0.3) is 0 Å². The lowest BCUT2D eigenvalue weighted by atomic mass is 10.1. The molecule has 0 aliphatic heterocycles. The van der Waals surface area contributed by atoms with Crippen molar-refractivity contribution in [3.05, 3.63) is 53.1 Å². The van der Waals surface area contributed by atoms with Crippen molar-refractivity contribution in [3.8, 4) is 0 Å². The van der Waals surface area contributed by atoms with Gasteiger partial charge < -0.3 is 5.32 Å². The van der Waals surface area contributed by atoms with Gasteiger partial charge in [0.05, 0.1) is 5.56 Å². The zero-order valence-electron chi connectivity index (χ0n) is 9.58. The fourth-order valence-electron chi connectivity index (χ4n) is 1.52. The van der Waals surface area contributed by atoms with Crippen LogP contribution in [0.25, 0.3) is 0 Å². The van der Waals surface area contributed by atoms with Crippen molar-refractivity contribution in [2.24, 2.45) is 0 Å². The van der Waals surface area contributed by atoms with Gasteiger partial charge in [-0.3, -0.25) is 0 Å². The molecule has 1 aromatic heterocycles. The highest BCUT2D eigenvalue weighted by Crippen LogP contribution is 2.36. The summed E-state index contributed by atoms with van der Waals surface area (Å²) in [6.45, 7) is 0.200. The summed E-state index contributed by atoms with van der Waals surface area (Å²) in [4.78, 5) is 7.58. The second-order valence-corrected chi connectivity index (χ2v) is 4.22. The van der Waals surface area contributed by atoms with Crippen molar-refractivity contribution in [3.63, 3.8) is 0 Å². The minimum Gasteiger partial charge on any atom is -0.380 e. The van der Waals surface area contributed by atoms with E-state index in [0.29, 0.717) is 5.56 Å². The Kier molecular flexibility index (Phi) is 3.90. The van der Waals surface area contributed by atoms with Crippen molar-refractivity contribution >= 4 is 17.3 Å². The predicted octanol–water partition coefficient (Wildman–Crippen LogP) is 3.76. The third kappa shape index (κ3) is 3.57. The van der Waals surface area contributed by atoms with Crippen LogP contribution in [-0.4, -0.2) is 9.97 Å². The number of hydrogen-bond donors (Lipinski definition) is 1. The van der Waals surface area contributed by atoms with E-state index in [0.717, 1.165) is 6.07 Å². The van der Waals surface area contributed by atoms with E-state index in [1.54, 1.807) is 0 Å². The first-order chi connectivity index (χ1) is 8.97. The molecule has 1 heterocycles. The van der Waals surface area contributed by atoms with Crippen molar-refractivity contribution in [1.82, 2.24) is 9.97 Å². The average Bonchev–Trinajstić information content (AvgIpc) is 2.37. The molecule has 0 unspecified atom stereocenters. The van der Waals surface area contributed by atoms with Gasteiger partial charge in [0.1, 0.15) is 6.33 Å². The molecule has 19 heavy (non-hydrogen) atoms. The molecule has 100 valence electrons. The number of aromatic nitrogens is 2. The Labute approximate surface area is 112 Å². The Morgan fingerprint density at radius 2 is 1.84 bits per heavy atom. The van der Waals surface area contributed by atoms with Gasteiger partial charge in [0.15, 0.2) is 0 Å². The van der Waals surface area contributed by atoms with E-state index >= 15 is 0 Å². The molecule has 2 aromatic rings. The molecule has 0 saturated carbocycles. The van der Waals surface area contributed by atoms with E-state index < -0.39 is 11.7 Å². The van der Waals surface area contributed by atoms with Crippen molar-refractivity contribution < 1.29 is 13.2 Å². The molecule has 2 rings (SSSR count). The Balaban J connectivity index is 2.21. The van der Waals surface area contributed by atoms with Crippen molar-refractivity contribution in [2.75, 3.05) is 5.32 Å². The summed E-state index contributed by atoms with van der Waals surface area (Å²) in [5.74, 6) is 0. The minimum absolute atomic E-state index is 0.0271. The molecule has 0 spiro atoms. The van der Waals surface area contributed by atoms with Crippen LogP contribution in [0.15, 0.2) is 36.9 Å². The molecular weight excluding hydrogens is 279 g/mol. The van der Waals surface area contributed by atoms with E-state index in [-0.39, 0.29) is 17.3 Å². The first-order valence-corrected chi connectivity index (χ1v) is 5.69. The SMILES string of the molecule is FC(F)(F)c1cc(Cl)ccc1NCc1cncnc1. The van der Waals surface area contributed by atoms with Gasteiger partial charge >= 0.3 is 6.18 Å². The predicted molar refractivity (Wildman–Crippen MR) is 65.8 cm³/mol. The van der Waals surface area contributed by atoms with Crippen LogP contribution in [0.4, 0.5) is 18.9 Å². The van der Waals surface area contributed by atoms with E-state index in [4.69, 9.17) is 11.6 Å². The average molecular weight is 288 g/mol. The standard InChI is InChI=1S/C12H9ClF3N3/c13-9-1-2-11(10(3-9)12(14,15)16)19-6-8-4-17-7-18-5-8/h1-5,7,19H,6H2. The number of hydrogen-bond acceptors (Lipinski definition) is 3. The normalized spacial score (nSPS) is 11.4. The van der Waals surface area contributed by atoms with E-state index in [9.17, 15) is 13.2 Å². The third-order valence-electron chi connectivity index (χ3n) is 2.38. The fourth-order valence-corrected chi connectivity index (χ4v) is 1.70. The fraction of sp³-hybridized carbons (Fsp3) is 0.167. The van der Waals surface area contributed by atoms with Gasteiger partial charge in [-0.1, -0.05) is 11.6 Å². The molecule has 0 saturated heterocycles. The quantitative estimate of drug-likeness (QED) is 0.934. The maximum Gasteiger partial charge on any atom is 0.418 e. The number of halogens is 4.